The molecule has 1 amide bonds. The van der Waals surface area contributed by atoms with Gasteiger partial charge in [-0.1, -0.05) is 24.6 Å². The van der Waals surface area contributed by atoms with Crippen LogP contribution >= 0.6 is 0 Å². The number of amidine groups is 1. The van der Waals surface area contributed by atoms with Gasteiger partial charge >= 0.3 is 0 Å². The zero-order chi connectivity index (χ0) is 21.0. The van der Waals surface area contributed by atoms with E-state index in [-0.39, 0.29) is 10.8 Å². The fraction of sp³-hybridized carbons (Fsp3) is 0.364. The smallest absolute Gasteiger partial charge is 0.284 e. The number of carbonyl (C=O) groups excluding carboxylic acids is 1. The Morgan fingerprint density at radius 2 is 1.83 bits per heavy atom. The van der Waals surface area contributed by atoms with E-state index in [0.29, 0.717) is 23.5 Å². The molecule has 0 radical (unpaired) electrons. The number of amides is 1. The molecular formula is C22H27N3O3S. The third-order valence-electron chi connectivity index (χ3n) is 5.30. The summed E-state index contributed by atoms with van der Waals surface area (Å²) in [5, 5.41) is 2.80. The van der Waals surface area contributed by atoms with Crippen LogP contribution in [0.25, 0.3) is 0 Å². The summed E-state index contributed by atoms with van der Waals surface area (Å²) in [6, 6.07) is 11.8. The van der Waals surface area contributed by atoms with Gasteiger partial charge in [0.05, 0.1) is 4.90 Å². The lowest BCUT2D eigenvalue weighted by Gasteiger charge is -2.17. The normalized spacial score (nSPS) is 16.5. The SMILES string of the molecule is Cc1cccc(C(=O)Nc2cccc(S(=O)(=O)/N=C3\CCCCCN3C)c2)c1C. The van der Waals surface area contributed by atoms with E-state index < -0.39 is 10.0 Å². The molecule has 29 heavy (non-hydrogen) atoms. The van der Waals surface area contributed by atoms with Gasteiger partial charge < -0.3 is 10.2 Å². The number of carbonyl (C=O) groups is 1. The van der Waals surface area contributed by atoms with Crippen molar-refractivity contribution >= 4 is 27.5 Å². The van der Waals surface area contributed by atoms with E-state index in [9.17, 15) is 13.2 Å². The summed E-state index contributed by atoms with van der Waals surface area (Å²) in [6.07, 6.45) is 3.70. The molecule has 2 aromatic carbocycles. The summed E-state index contributed by atoms with van der Waals surface area (Å²) in [6.45, 7) is 4.65. The van der Waals surface area contributed by atoms with Gasteiger partial charge in [-0.3, -0.25) is 4.79 Å². The van der Waals surface area contributed by atoms with Gasteiger partial charge in [-0.15, -0.1) is 4.40 Å². The zero-order valence-corrected chi connectivity index (χ0v) is 17.9. The van der Waals surface area contributed by atoms with Crippen LogP contribution in [0.2, 0.25) is 0 Å². The predicted molar refractivity (Wildman–Crippen MR) is 116 cm³/mol. The van der Waals surface area contributed by atoms with Crippen LogP contribution in [0.3, 0.4) is 0 Å². The zero-order valence-electron chi connectivity index (χ0n) is 17.1. The molecule has 0 spiro atoms. The highest BCUT2D eigenvalue weighted by Crippen LogP contribution is 2.21. The largest absolute Gasteiger partial charge is 0.362 e. The van der Waals surface area contributed by atoms with E-state index in [1.165, 1.54) is 12.1 Å². The van der Waals surface area contributed by atoms with Crippen molar-refractivity contribution < 1.29 is 13.2 Å². The fourth-order valence-electron chi connectivity index (χ4n) is 3.37. The Hall–Kier alpha value is -2.67. The van der Waals surface area contributed by atoms with Crippen LogP contribution in [-0.2, 0) is 10.0 Å². The first kappa shape index (κ1) is 21.0. The maximum atomic E-state index is 12.8. The molecule has 0 atom stereocenters. The van der Waals surface area contributed by atoms with Crippen molar-refractivity contribution in [1.29, 1.82) is 0 Å². The van der Waals surface area contributed by atoms with Crippen molar-refractivity contribution in [2.45, 2.75) is 44.4 Å². The first-order valence-electron chi connectivity index (χ1n) is 9.80. The molecule has 2 aromatic rings. The van der Waals surface area contributed by atoms with Gasteiger partial charge in [0.15, 0.2) is 0 Å². The first-order valence-corrected chi connectivity index (χ1v) is 11.2. The molecule has 1 heterocycles. The Morgan fingerprint density at radius 3 is 2.62 bits per heavy atom. The lowest BCUT2D eigenvalue weighted by molar-refractivity contribution is 0.102. The molecular weight excluding hydrogens is 386 g/mol. The minimum absolute atomic E-state index is 0.0708. The number of anilines is 1. The van der Waals surface area contributed by atoms with Crippen LogP contribution in [0.4, 0.5) is 5.69 Å². The molecule has 1 N–H and O–H groups in total. The molecule has 1 aliphatic rings. The van der Waals surface area contributed by atoms with Crippen molar-refractivity contribution in [2.75, 3.05) is 18.9 Å². The van der Waals surface area contributed by atoms with Gasteiger partial charge in [-0.25, -0.2) is 0 Å². The second-order valence-electron chi connectivity index (χ2n) is 7.44. The van der Waals surface area contributed by atoms with Crippen molar-refractivity contribution in [3.8, 4) is 0 Å². The minimum Gasteiger partial charge on any atom is -0.362 e. The van der Waals surface area contributed by atoms with Gasteiger partial charge in [-0.2, -0.15) is 8.42 Å². The average molecular weight is 414 g/mol. The van der Waals surface area contributed by atoms with E-state index in [1.54, 1.807) is 18.2 Å². The van der Waals surface area contributed by atoms with Crippen molar-refractivity contribution in [3.63, 3.8) is 0 Å². The van der Waals surface area contributed by atoms with Gasteiger partial charge in [0.2, 0.25) is 0 Å². The summed E-state index contributed by atoms with van der Waals surface area (Å²) >= 11 is 0. The van der Waals surface area contributed by atoms with E-state index in [1.807, 2.05) is 37.9 Å². The molecule has 0 aliphatic carbocycles. The second-order valence-corrected chi connectivity index (χ2v) is 9.05. The molecule has 1 aliphatic heterocycles. The Labute approximate surface area is 172 Å². The third-order valence-corrected chi connectivity index (χ3v) is 6.60. The highest BCUT2D eigenvalue weighted by Gasteiger charge is 2.19. The van der Waals surface area contributed by atoms with E-state index in [0.717, 1.165) is 36.9 Å². The number of hydrogen-bond donors (Lipinski definition) is 1. The number of rotatable bonds is 4. The van der Waals surface area contributed by atoms with Gasteiger partial charge in [0.25, 0.3) is 15.9 Å². The molecule has 1 fully saturated rings. The minimum atomic E-state index is -3.85. The number of aryl methyl sites for hydroxylation is 1. The van der Waals surface area contributed by atoms with E-state index >= 15 is 0 Å². The fourth-order valence-corrected chi connectivity index (χ4v) is 4.51. The number of nitrogens with zero attached hydrogens (tertiary/aromatic N) is 2. The van der Waals surface area contributed by atoms with Gasteiger partial charge in [-0.05, 0) is 62.1 Å². The summed E-state index contributed by atoms with van der Waals surface area (Å²) in [4.78, 5) is 14.6. The Kier molecular flexibility index (Phi) is 6.37. The summed E-state index contributed by atoms with van der Waals surface area (Å²) in [5.74, 6) is 0.322. The van der Waals surface area contributed by atoms with Crippen molar-refractivity contribution in [2.24, 2.45) is 4.40 Å². The maximum absolute atomic E-state index is 12.8. The molecule has 7 heteroatoms. The van der Waals surface area contributed by atoms with Gasteiger partial charge in [0, 0.05) is 31.3 Å². The number of hydrogen-bond acceptors (Lipinski definition) is 3. The second kappa shape index (κ2) is 8.78. The number of sulfonamides is 1. The third kappa shape index (κ3) is 5.03. The maximum Gasteiger partial charge on any atom is 0.284 e. The van der Waals surface area contributed by atoms with Crippen LogP contribution < -0.4 is 5.32 Å². The van der Waals surface area contributed by atoms with Crippen molar-refractivity contribution in [1.82, 2.24) is 4.90 Å². The summed E-state index contributed by atoms with van der Waals surface area (Å²) < 4.78 is 29.8. The Bertz CT molecular complexity index is 1050. The molecule has 0 saturated carbocycles. The van der Waals surface area contributed by atoms with Crippen molar-refractivity contribution in [3.05, 3.63) is 59.2 Å². The number of benzene rings is 2. The molecule has 3 rings (SSSR count). The highest BCUT2D eigenvalue weighted by molar-refractivity contribution is 7.90. The lowest BCUT2D eigenvalue weighted by atomic mass is 10.0. The topological polar surface area (TPSA) is 78.8 Å². The Morgan fingerprint density at radius 1 is 1.07 bits per heavy atom. The van der Waals surface area contributed by atoms with Crippen LogP contribution in [0.15, 0.2) is 51.8 Å². The molecule has 6 nitrogen and oxygen atoms in total. The standard InChI is InChI=1S/C22H27N3O3S/c1-16-9-7-12-20(17(16)2)22(26)23-18-10-8-11-19(15-18)29(27,28)24-21-13-5-4-6-14-25(21)3/h7-12,15H,4-6,13-14H2,1-3H3,(H,23,26)/b24-21+. The monoisotopic (exact) mass is 413 g/mol. The Balaban J connectivity index is 1.85. The summed E-state index contributed by atoms with van der Waals surface area (Å²) in [7, 11) is -1.98. The molecule has 154 valence electrons. The molecule has 0 unspecified atom stereocenters. The molecule has 0 bridgehead atoms. The van der Waals surface area contributed by atoms with E-state index in [4.69, 9.17) is 0 Å². The van der Waals surface area contributed by atoms with Crippen LogP contribution in [-0.4, -0.2) is 38.7 Å². The van der Waals surface area contributed by atoms with Gasteiger partial charge in [0.1, 0.15) is 5.84 Å². The number of likely N-dealkylation sites (tertiary alicyclic amines) is 1. The number of nitrogens with one attached hydrogen (secondary N) is 1. The quantitative estimate of drug-likeness (QED) is 0.817. The van der Waals surface area contributed by atoms with Crippen LogP contribution in [0.5, 0.6) is 0 Å². The predicted octanol–water partition coefficient (Wildman–Crippen LogP) is 4.15. The van der Waals surface area contributed by atoms with Crippen LogP contribution in [0.1, 0.15) is 47.2 Å². The first-order chi connectivity index (χ1) is 13.8. The lowest BCUT2D eigenvalue weighted by Crippen LogP contribution is -2.26. The van der Waals surface area contributed by atoms with Crippen LogP contribution in [0, 0.1) is 13.8 Å². The molecule has 1 saturated heterocycles. The summed E-state index contributed by atoms with van der Waals surface area (Å²) in [5.41, 5.74) is 2.92. The van der Waals surface area contributed by atoms with E-state index in [2.05, 4.69) is 9.71 Å². The molecule has 0 aromatic heterocycles. The highest BCUT2D eigenvalue weighted by atomic mass is 32.2. The average Bonchev–Trinajstić information content (AvgIpc) is 2.88.